The lowest BCUT2D eigenvalue weighted by Gasteiger charge is -2.02. The van der Waals surface area contributed by atoms with Crippen molar-refractivity contribution in [1.82, 2.24) is 0 Å². The second kappa shape index (κ2) is 3.60. The highest BCUT2D eigenvalue weighted by Gasteiger charge is 1.97. The number of rotatable bonds is 2. The Kier molecular flexibility index (Phi) is 2.74. The van der Waals surface area contributed by atoms with Crippen LogP contribution in [0.4, 0.5) is 0 Å². The fraction of sp³-hybridized carbons (Fsp3) is 0.250. The minimum absolute atomic E-state index is 0.463. The first-order valence-corrected chi connectivity index (χ1v) is 3.60. The number of benzene rings is 1. The van der Waals surface area contributed by atoms with Crippen LogP contribution in [0.2, 0.25) is 5.02 Å². The molecule has 0 aliphatic heterocycles. The normalized spacial score (nSPS) is 9.73. The van der Waals surface area contributed by atoms with Gasteiger partial charge in [-0.25, -0.2) is 0 Å². The summed E-state index contributed by atoms with van der Waals surface area (Å²) in [5.74, 6) is 0.623. The molecular weight excluding hydrogens is 162 g/mol. The molecule has 1 rings (SSSR count). The number of halogens is 1. The van der Waals surface area contributed by atoms with Crippen molar-refractivity contribution >= 4 is 11.6 Å². The molecule has 2 nitrogen and oxygen atoms in total. The zero-order valence-corrected chi connectivity index (χ0v) is 6.98. The van der Waals surface area contributed by atoms with Crippen molar-refractivity contribution in [3.8, 4) is 5.75 Å². The zero-order chi connectivity index (χ0) is 8.27. The molecular formula is C8H9ClNO. The van der Waals surface area contributed by atoms with Gasteiger partial charge in [0.05, 0.1) is 12.1 Å². The minimum Gasteiger partial charge on any atom is -0.496 e. The summed E-state index contributed by atoms with van der Waals surface area (Å²) in [6.45, 7) is 0.463. The van der Waals surface area contributed by atoms with Crippen LogP contribution in [0.25, 0.3) is 0 Å². The second-order valence-corrected chi connectivity index (χ2v) is 2.52. The van der Waals surface area contributed by atoms with E-state index in [2.05, 4.69) is 6.07 Å². The molecule has 11 heavy (non-hydrogen) atoms. The maximum absolute atomic E-state index is 5.72. The average Bonchev–Trinajstić information content (AvgIpc) is 2.03. The lowest BCUT2D eigenvalue weighted by Crippen LogP contribution is -1.96. The first kappa shape index (κ1) is 8.37. The molecule has 0 bridgehead atoms. The monoisotopic (exact) mass is 170 g/mol. The smallest absolute Gasteiger partial charge is 0.128 e. The summed E-state index contributed by atoms with van der Waals surface area (Å²) in [6, 6.07) is 6.40. The topological polar surface area (TPSA) is 35.2 Å². The van der Waals surface area contributed by atoms with Crippen molar-refractivity contribution in [2.75, 3.05) is 7.11 Å². The molecule has 0 aliphatic carbocycles. The standard InChI is InChI=1S/C8H9ClNO/c1-11-8-3-6(5-10)2-7(9)4-8/h2-3H,5,10H2,1H3. The van der Waals surface area contributed by atoms with Crippen LogP contribution in [0.5, 0.6) is 5.75 Å². The van der Waals surface area contributed by atoms with Crippen molar-refractivity contribution in [1.29, 1.82) is 0 Å². The van der Waals surface area contributed by atoms with Gasteiger partial charge < -0.3 is 10.5 Å². The Morgan fingerprint density at radius 3 is 2.91 bits per heavy atom. The van der Waals surface area contributed by atoms with Crippen LogP contribution in [0.1, 0.15) is 5.56 Å². The van der Waals surface area contributed by atoms with Gasteiger partial charge in [-0.15, -0.1) is 0 Å². The summed E-state index contributed by atoms with van der Waals surface area (Å²) in [5.41, 5.74) is 6.36. The Bertz CT molecular complexity index is 228. The molecule has 0 saturated carbocycles. The van der Waals surface area contributed by atoms with Crippen molar-refractivity contribution in [3.05, 3.63) is 28.8 Å². The molecule has 3 heteroatoms. The molecule has 59 valence electrons. The molecule has 0 atom stereocenters. The summed E-state index contributed by atoms with van der Waals surface area (Å²) in [7, 11) is 1.57. The Morgan fingerprint density at radius 1 is 1.64 bits per heavy atom. The Labute approximate surface area is 70.9 Å². The number of hydrogen-bond acceptors (Lipinski definition) is 2. The highest BCUT2D eigenvalue weighted by molar-refractivity contribution is 6.30. The van der Waals surface area contributed by atoms with Crippen LogP contribution in [0.3, 0.4) is 0 Å². The molecule has 1 aromatic carbocycles. The first-order valence-electron chi connectivity index (χ1n) is 3.22. The third-order valence-electron chi connectivity index (χ3n) is 1.33. The molecule has 0 saturated heterocycles. The van der Waals surface area contributed by atoms with Crippen molar-refractivity contribution in [2.45, 2.75) is 6.54 Å². The van der Waals surface area contributed by atoms with Crippen LogP contribution < -0.4 is 10.5 Å². The van der Waals surface area contributed by atoms with E-state index in [9.17, 15) is 0 Å². The van der Waals surface area contributed by atoms with Gasteiger partial charge in [-0.2, -0.15) is 0 Å². The maximum Gasteiger partial charge on any atom is 0.128 e. The van der Waals surface area contributed by atoms with Gasteiger partial charge in [-0.1, -0.05) is 11.6 Å². The van der Waals surface area contributed by atoms with E-state index in [-0.39, 0.29) is 0 Å². The van der Waals surface area contributed by atoms with Gasteiger partial charge in [0.15, 0.2) is 0 Å². The van der Waals surface area contributed by atoms with E-state index < -0.39 is 0 Å². The Morgan fingerprint density at radius 2 is 2.36 bits per heavy atom. The predicted molar refractivity (Wildman–Crippen MR) is 44.7 cm³/mol. The van der Waals surface area contributed by atoms with Gasteiger partial charge in [0.2, 0.25) is 0 Å². The summed E-state index contributed by atoms with van der Waals surface area (Å²) >= 11 is 5.72. The van der Waals surface area contributed by atoms with E-state index in [4.69, 9.17) is 22.1 Å². The Balaban J connectivity index is 3.02. The third kappa shape index (κ3) is 2.10. The van der Waals surface area contributed by atoms with Crippen LogP contribution >= 0.6 is 11.6 Å². The predicted octanol–water partition coefficient (Wildman–Crippen LogP) is 1.61. The van der Waals surface area contributed by atoms with E-state index in [0.29, 0.717) is 17.3 Å². The molecule has 1 radical (unpaired) electrons. The molecule has 0 unspecified atom stereocenters. The van der Waals surface area contributed by atoms with Crippen LogP contribution in [-0.4, -0.2) is 7.11 Å². The fourth-order valence-electron chi connectivity index (χ4n) is 0.790. The number of hydrogen-bond donors (Lipinski definition) is 1. The van der Waals surface area contributed by atoms with E-state index in [1.165, 1.54) is 0 Å². The average molecular weight is 171 g/mol. The van der Waals surface area contributed by atoms with Gasteiger partial charge in [-0.3, -0.25) is 0 Å². The molecule has 0 fully saturated rings. The van der Waals surface area contributed by atoms with E-state index in [1.54, 1.807) is 13.2 Å². The number of ether oxygens (including phenoxy) is 1. The van der Waals surface area contributed by atoms with Crippen LogP contribution in [0, 0.1) is 6.07 Å². The zero-order valence-electron chi connectivity index (χ0n) is 6.23. The van der Waals surface area contributed by atoms with Gasteiger partial charge in [-0.05, 0) is 17.7 Å². The summed E-state index contributed by atoms with van der Waals surface area (Å²) < 4.78 is 4.94. The second-order valence-electron chi connectivity index (χ2n) is 2.11. The van der Waals surface area contributed by atoms with Gasteiger partial charge in [0.1, 0.15) is 5.75 Å². The fourth-order valence-corrected chi connectivity index (χ4v) is 1.02. The maximum atomic E-state index is 5.72. The Hall–Kier alpha value is -0.730. The van der Waals surface area contributed by atoms with Crippen LogP contribution in [-0.2, 0) is 6.54 Å². The van der Waals surface area contributed by atoms with Gasteiger partial charge in [0, 0.05) is 12.6 Å². The molecule has 0 spiro atoms. The molecule has 1 aromatic rings. The quantitative estimate of drug-likeness (QED) is 0.732. The van der Waals surface area contributed by atoms with Crippen LogP contribution in [0.15, 0.2) is 12.1 Å². The summed E-state index contributed by atoms with van der Waals surface area (Å²) in [6.07, 6.45) is 0. The van der Waals surface area contributed by atoms with E-state index >= 15 is 0 Å². The molecule has 0 aliphatic rings. The summed E-state index contributed by atoms with van der Waals surface area (Å²) in [5, 5.41) is 0.532. The molecule has 0 aromatic heterocycles. The van der Waals surface area contributed by atoms with Gasteiger partial charge >= 0.3 is 0 Å². The number of methoxy groups -OCH3 is 1. The highest BCUT2D eigenvalue weighted by atomic mass is 35.5. The van der Waals surface area contributed by atoms with Crippen molar-refractivity contribution in [2.24, 2.45) is 5.73 Å². The summed E-state index contributed by atoms with van der Waals surface area (Å²) in [4.78, 5) is 0. The SMILES string of the molecule is COc1[c]c(Cl)cc(CN)c1. The van der Waals surface area contributed by atoms with Crippen molar-refractivity contribution in [3.63, 3.8) is 0 Å². The van der Waals surface area contributed by atoms with Crippen molar-refractivity contribution < 1.29 is 4.74 Å². The molecule has 0 heterocycles. The molecule has 2 N–H and O–H groups in total. The van der Waals surface area contributed by atoms with E-state index in [0.717, 1.165) is 5.56 Å². The largest absolute Gasteiger partial charge is 0.496 e. The lowest BCUT2D eigenvalue weighted by molar-refractivity contribution is 0.413. The van der Waals surface area contributed by atoms with E-state index in [1.807, 2.05) is 6.07 Å². The third-order valence-corrected chi connectivity index (χ3v) is 1.53. The molecule has 0 amide bonds. The highest BCUT2D eigenvalue weighted by Crippen LogP contribution is 2.19. The number of nitrogens with two attached hydrogens (primary N) is 1. The lowest BCUT2D eigenvalue weighted by atomic mass is 10.2. The van der Waals surface area contributed by atoms with Gasteiger partial charge in [0.25, 0.3) is 0 Å². The minimum atomic E-state index is 0.463. The first-order chi connectivity index (χ1) is 5.26.